The summed E-state index contributed by atoms with van der Waals surface area (Å²) in [4.78, 5) is 28.2. The van der Waals surface area contributed by atoms with E-state index in [9.17, 15) is 9.59 Å². The van der Waals surface area contributed by atoms with Crippen LogP contribution in [0.2, 0.25) is 0 Å². The van der Waals surface area contributed by atoms with Crippen molar-refractivity contribution in [1.29, 1.82) is 0 Å². The summed E-state index contributed by atoms with van der Waals surface area (Å²) in [5, 5.41) is 3.48. The van der Waals surface area contributed by atoms with Crippen LogP contribution in [-0.4, -0.2) is 11.0 Å². The summed E-state index contributed by atoms with van der Waals surface area (Å²) in [6.07, 6.45) is 1.77. The van der Waals surface area contributed by atoms with Gasteiger partial charge in [0.1, 0.15) is 11.3 Å². The molecule has 0 spiro atoms. The summed E-state index contributed by atoms with van der Waals surface area (Å²) in [5.41, 5.74) is 0.997. The number of hydrogen-bond acceptors (Lipinski definition) is 6. The fraction of sp³-hybridized carbons (Fsp3) is 0.235. The highest BCUT2D eigenvalue weighted by Crippen LogP contribution is 2.31. The molecule has 0 saturated heterocycles. The van der Waals surface area contributed by atoms with Crippen LogP contribution in [-0.2, 0) is 4.79 Å². The second kappa shape index (κ2) is 5.31. The van der Waals surface area contributed by atoms with Gasteiger partial charge in [-0.3, -0.25) is 4.79 Å². The number of rotatable bonds is 3. The number of esters is 1. The lowest BCUT2D eigenvalue weighted by atomic mass is 10.1. The lowest BCUT2D eigenvalue weighted by molar-refractivity contribution is -0.135. The van der Waals surface area contributed by atoms with Crippen molar-refractivity contribution in [2.24, 2.45) is 5.92 Å². The molecule has 2 aromatic heterocycles. The molecule has 3 aromatic rings. The molecule has 0 radical (unpaired) electrons. The summed E-state index contributed by atoms with van der Waals surface area (Å²) < 4.78 is 10.7. The number of aromatic nitrogens is 1. The van der Waals surface area contributed by atoms with Crippen LogP contribution in [0.25, 0.3) is 22.2 Å². The average molecular weight is 327 g/mol. The molecule has 1 saturated carbocycles. The van der Waals surface area contributed by atoms with Gasteiger partial charge in [0.15, 0.2) is 0 Å². The highest BCUT2D eigenvalue weighted by atomic mass is 32.1. The standard InChI is InChI=1S/C17H13NO4S/c1-9-18-14(8-23-9)13-6-11-4-5-12(7-15(11)22-17(13)20)21-16(19)10-2-3-10/h4-8,10H,2-3H2,1H3. The van der Waals surface area contributed by atoms with Crippen LogP contribution in [0.1, 0.15) is 17.8 Å². The minimum atomic E-state index is -0.450. The van der Waals surface area contributed by atoms with Crippen LogP contribution in [0.5, 0.6) is 5.75 Å². The van der Waals surface area contributed by atoms with Gasteiger partial charge >= 0.3 is 11.6 Å². The molecule has 0 aliphatic heterocycles. The van der Waals surface area contributed by atoms with Crippen LogP contribution in [0.15, 0.2) is 38.9 Å². The van der Waals surface area contributed by atoms with Crippen molar-refractivity contribution in [3.8, 4) is 17.0 Å². The molecule has 1 aliphatic carbocycles. The molecular formula is C17H13NO4S. The van der Waals surface area contributed by atoms with Gasteiger partial charge in [0.25, 0.3) is 0 Å². The van der Waals surface area contributed by atoms with Gasteiger partial charge in [-0.25, -0.2) is 9.78 Å². The van der Waals surface area contributed by atoms with E-state index in [4.69, 9.17) is 9.15 Å². The van der Waals surface area contributed by atoms with E-state index in [1.54, 1.807) is 24.3 Å². The SMILES string of the molecule is Cc1nc(-c2cc3ccc(OC(=O)C4CC4)cc3oc2=O)cs1. The lowest BCUT2D eigenvalue weighted by Gasteiger charge is -2.05. The Balaban J connectivity index is 1.72. The number of fused-ring (bicyclic) bond motifs is 1. The summed E-state index contributed by atoms with van der Waals surface area (Å²) in [5.74, 6) is 0.198. The van der Waals surface area contributed by atoms with Crippen LogP contribution in [0.3, 0.4) is 0 Å². The van der Waals surface area contributed by atoms with E-state index in [-0.39, 0.29) is 11.9 Å². The predicted octanol–water partition coefficient (Wildman–Crippen LogP) is 3.54. The lowest BCUT2D eigenvalue weighted by Crippen LogP contribution is -2.09. The number of ether oxygens (including phenoxy) is 1. The van der Waals surface area contributed by atoms with Crippen LogP contribution in [0, 0.1) is 12.8 Å². The molecular weight excluding hydrogens is 314 g/mol. The number of carbonyl (C=O) groups excluding carboxylic acids is 1. The van der Waals surface area contributed by atoms with Gasteiger partial charge in [0.2, 0.25) is 0 Å². The van der Waals surface area contributed by atoms with E-state index in [1.807, 2.05) is 12.3 Å². The van der Waals surface area contributed by atoms with Gasteiger partial charge in [-0.05, 0) is 38.0 Å². The molecule has 6 heteroatoms. The Morgan fingerprint density at radius 1 is 1.35 bits per heavy atom. The minimum Gasteiger partial charge on any atom is -0.426 e. The molecule has 0 amide bonds. The molecule has 116 valence electrons. The van der Waals surface area contributed by atoms with Crippen molar-refractivity contribution in [2.45, 2.75) is 19.8 Å². The number of thiazole rings is 1. The monoisotopic (exact) mass is 327 g/mol. The Morgan fingerprint density at radius 3 is 2.87 bits per heavy atom. The van der Waals surface area contributed by atoms with E-state index in [2.05, 4.69) is 4.98 Å². The zero-order valence-corrected chi connectivity index (χ0v) is 13.2. The Hall–Kier alpha value is -2.47. The summed E-state index contributed by atoms with van der Waals surface area (Å²) in [6.45, 7) is 1.89. The van der Waals surface area contributed by atoms with E-state index < -0.39 is 5.63 Å². The van der Waals surface area contributed by atoms with Crippen LogP contribution < -0.4 is 10.4 Å². The van der Waals surface area contributed by atoms with Gasteiger partial charge in [-0.15, -0.1) is 11.3 Å². The molecule has 5 nitrogen and oxygen atoms in total. The maximum atomic E-state index is 12.2. The fourth-order valence-corrected chi connectivity index (χ4v) is 2.95. The van der Waals surface area contributed by atoms with E-state index >= 15 is 0 Å². The smallest absolute Gasteiger partial charge is 0.345 e. The fourth-order valence-electron chi connectivity index (χ4n) is 2.34. The third kappa shape index (κ3) is 2.77. The third-order valence-electron chi connectivity index (χ3n) is 3.73. The van der Waals surface area contributed by atoms with Crippen molar-refractivity contribution in [3.63, 3.8) is 0 Å². The highest BCUT2D eigenvalue weighted by molar-refractivity contribution is 7.09. The van der Waals surface area contributed by atoms with Crippen molar-refractivity contribution in [2.75, 3.05) is 0 Å². The first-order chi connectivity index (χ1) is 11.1. The van der Waals surface area contributed by atoms with Crippen molar-refractivity contribution >= 4 is 28.3 Å². The van der Waals surface area contributed by atoms with Gasteiger partial charge in [0.05, 0.1) is 22.2 Å². The largest absolute Gasteiger partial charge is 0.426 e. The number of hydrogen-bond donors (Lipinski definition) is 0. The Labute approximate surface area is 135 Å². The molecule has 1 aliphatic rings. The van der Waals surface area contributed by atoms with E-state index in [0.717, 1.165) is 23.2 Å². The average Bonchev–Trinajstić information content (AvgIpc) is 3.29. The molecule has 0 atom stereocenters. The first kappa shape index (κ1) is 14.1. The van der Waals surface area contributed by atoms with Crippen molar-refractivity contribution in [3.05, 3.63) is 45.1 Å². The van der Waals surface area contributed by atoms with E-state index in [1.165, 1.54) is 11.3 Å². The maximum Gasteiger partial charge on any atom is 0.345 e. The molecule has 4 rings (SSSR count). The molecule has 0 unspecified atom stereocenters. The second-order valence-electron chi connectivity index (χ2n) is 5.59. The topological polar surface area (TPSA) is 69.4 Å². The number of nitrogens with zero attached hydrogens (tertiary/aromatic N) is 1. The van der Waals surface area contributed by atoms with Gasteiger partial charge in [0, 0.05) is 16.8 Å². The summed E-state index contributed by atoms with van der Waals surface area (Å²) in [7, 11) is 0. The molecule has 0 N–H and O–H groups in total. The molecule has 23 heavy (non-hydrogen) atoms. The molecule has 2 heterocycles. The maximum absolute atomic E-state index is 12.2. The zero-order chi connectivity index (χ0) is 16.0. The summed E-state index contributed by atoms with van der Waals surface area (Å²) >= 11 is 1.48. The first-order valence-corrected chi connectivity index (χ1v) is 8.20. The predicted molar refractivity (Wildman–Crippen MR) is 86.7 cm³/mol. The highest BCUT2D eigenvalue weighted by Gasteiger charge is 2.31. The van der Waals surface area contributed by atoms with Crippen LogP contribution in [0.4, 0.5) is 0 Å². The zero-order valence-electron chi connectivity index (χ0n) is 12.4. The minimum absolute atomic E-state index is 0.0213. The molecule has 0 bridgehead atoms. The Morgan fingerprint density at radius 2 is 2.17 bits per heavy atom. The van der Waals surface area contributed by atoms with Gasteiger partial charge < -0.3 is 9.15 Å². The Bertz CT molecular complexity index is 968. The van der Waals surface area contributed by atoms with Crippen LogP contribution >= 0.6 is 11.3 Å². The van der Waals surface area contributed by atoms with E-state index in [0.29, 0.717) is 22.6 Å². The summed E-state index contributed by atoms with van der Waals surface area (Å²) in [6, 6.07) is 6.81. The third-order valence-corrected chi connectivity index (χ3v) is 4.51. The Kier molecular flexibility index (Phi) is 3.27. The van der Waals surface area contributed by atoms with Crippen molar-refractivity contribution in [1.82, 2.24) is 4.98 Å². The quantitative estimate of drug-likeness (QED) is 0.418. The second-order valence-corrected chi connectivity index (χ2v) is 6.66. The van der Waals surface area contributed by atoms with Crippen molar-refractivity contribution < 1.29 is 13.9 Å². The molecule has 1 aromatic carbocycles. The number of carbonyl (C=O) groups is 1. The molecule has 1 fully saturated rings. The number of aryl methyl sites for hydroxylation is 1. The number of benzene rings is 1. The van der Waals surface area contributed by atoms with Gasteiger partial charge in [-0.2, -0.15) is 0 Å². The van der Waals surface area contributed by atoms with Gasteiger partial charge in [-0.1, -0.05) is 0 Å². The normalized spacial score (nSPS) is 14.1. The first-order valence-electron chi connectivity index (χ1n) is 7.32.